The third-order valence-electron chi connectivity index (χ3n) is 3.21. The Balaban J connectivity index is 4.18. The Labute approximate surface area is 125 Å². The van der Waals surface area contributed by atoms with E-state index in [0.29, 0.717) is 13.0 Å². The number of hydrogen-bond donors (Lipinski definition) is 0. The van der Waals surface area contributed by atoms with E-state index in [-0.39, 0.29) is 19.1 Å². The zero-order chi connectivity index (χ0) is 16.5. The van der Waals surface area contributed by atoms with E-state index < -0.39 is 24.1 Å². The van der Waals surface area contributed by atoms with Crippen molar-refractivity contribution in [1.29, 1.82) is 0 Å². The minimum atomic E-state index is -0.645. The molecule has 1 amide bonds. The van der Waals surface area contributed by atoms with E-state index in [1.807, 2.05) is 6.92 Å². The Bertz CT molecular complexity index is 366. The summed E-state index contributed by atoms with van der Waals surface area (Å²) in [7, 11) is 1.21. The molecule has 0 heterocycles. The molecule has 122 valence electrons. The number of carbonyl (C=O) groups excluding carboxylic acids is 3. The van der Waals surface area contributed by atoms with Crippen LogP contribution < -0.4 is 0 Å². The number of likely N-dealkylation sites (N-methyl/N-ethyl adjacent to an activating group) is 1. The van der Waals surface area contributed by atoms with Gasteiger partial charge in [-0.15, -0.1) is 0 Å². The average molecular weight is 303 g/mol. The van der Waals surface area contributed by atoms with Gasteiger partial charge in [-0.1, -0.05) is 6.92 Å². The molecule has 0 bridgehead atoms. The van der Waals surface area contributed by atoms with Crippen LogP contribution in [0.3, 0.4) is 0 Å². The first-order valence-corrected chi connectivity index (χ1v) is 6.94. The molecule has 7 nitrogen and oxygen atoms in total. The molecule has 0 rings (SSSR count). The summed E-state index contributed by atoms with van der Waals surface area (Å²) in [6.45, 7) is 7.52. The van der Waals surface area contributed by atoms with Gasteiger partial charge in [0.15, 0.2) is 6.61 Å². The summed E-state index contributed by atoms with van der Waals surface area (Å²) >= 11 is 0. The molecule has 0 aliphatic carbocycles. The SMILES string of the molecule is CCN(CCOC(=O)C(C)(C)CC)C(=O)OCC(=O)OC. The first-order chi connectivity index (χ1) is 9.78. The second kappa shape index (κ2) is 9.20. The standard InChI is InChI=1S/C14H25NO6/c1-6-14(3,4)12(17)20-9-8-15(7-2)13(18)21-10-11(16)19-5/h6-10H2,1-5H3. The van der Waals surface area contributed by atoms with Crippen LogP contribution in [0.2, 0.25) is 0 Å². The molecule has 0 saturated heterocycles. The van der Waals surface area contributed by atoms with Gasteiger partial charge in [0.25, 0.3) is 0 Å². The predicted molar refractivity (Wildman–Crippen MR) is 75.6 cm³/mol. The molecule has 0 aromatic rings. The lowest BCUT2D eigenvalue weighted by molar-refractivity contribution is -0.154. The van der Waals surface area contributed by atoms with Crippen molar-refractivity contribution in [3.63, 3.8) is 0 Å². The number of ether oxygens (including phenoxy) is 3. The Hall–Kier alpha value is -1.79. The molecule has 0 aliphatic heterocycles. The van der Waals surface area contributed by atoms with Gasteiger partial charge in [-0.25, -0.2) is 9.59 Å². The zero-order valence-corrected chi connectivity index (χ0v) is 13.4. The normalized spacial score (nSPS) is 10.7. The third kappa shape index (κ3) is 6.97. The van der Waals surface area contributed by atoms with Gasteiger partial charge >= 0.3 is 18.0 Å². The van der Waals surface area contributed by atoms with Crippen LogP contribution in [0, 0.1) is 5.41 Å². The summed E-state index contributed by atoms with van der Waals surface area (Å²) in [6, 6.07) is 0. The Morgan fingerprint density at radius 3 is 2.19 bits per heavy atom. The number of amides is 1. The smallest absolute Gasteiger partial charge is 0.410 e. The van der Waals surface area contributed by atoms with Crippen LogP contribution in [0.25, 0.3) is 0 Å². The monoisotopic (exact) mass is 303 g/mol. The molecule has 0 fully saturated rings. The fourth-order valence-electron chi connectivity index (χ4n) is 1.24. The van der Waals surface area contributed by atoms with E-state index >= 15 is 0 Å². The highest BCUT2D eigenvalue weighted by Crippen LogP contribution is 2.21. The van der Waals surface area contributed by atoms with E-state index in [2.05, 4.69) is 4.74 Å². The third-order valence-corrected chi connectivity index (χ3v) is 3.21. The first kappa shape index (κ1) is 19.2. The van der Waals surface area contributed by atoms with E-state index in [0.717, 1.165) is 0 Å². The summed E-state index contributed by atoms with van der Waals surface area (Å²) in [6.07, 6.45) is 0.0264. The van der Waals surface area contributed by atoms with Crippen LogP contribution in [0.15, 0.2) is 0 Å². The lowest BCUT2D eigenvalue weighted by atomic mass is 9.91. The fraction of sp³-hybridized carbons (Fsp3) is 0.786. The zero-order valence-electron chi connectivity index (χ0n) is 13.4. The van der Waals surface area contributed by atoms with Crippen LogP contribution in [0.1, 0.15) is 34.1 Å². The van der Waals surface area contributed by atoms with Gasteiger partial charge in [-0.2, -0.15) is 0 Å². The molecule has 0 unspecified atom stereocenters. The van der Waals surface area contributed by atoms with Crippen LogP contribution in [0.5, 0.6) is 0 Å². The molecule has 0 aliphatic rings. The van der Waals surface area contributed by atoms with Gasteiger partial charge in [0.2, 0.25) is 0 Å². The van der Waals surface area contributed by atoms with E-state index in [9.17, 15) is 14.4 Å². The summed E-state index contributed by atoms with van der Waals surface area (Å²) in [5.41, 5.74) is -0.539. The van der Waals surface area contributed by atoms with Gasteiger partial charge in [0.05, 0.1) is 19.1 Å². The quantitative estimate of drug-likeness (QED) is 0.500. The van der Waals surface area contributed by atoms with Gasteiger partial charge in [0, 0.05) is 6.54 Å². The second-order valence-electron chi connectivity index (χ2n) is 5.08. The van der Waals surface area contributed by atoms with E-state index in [1.54, 1.807) is 20.8 Å². The molecule has 0 spiro atoms. The Morgan fingerprint density at radius 1 is 1.10 bits per heavy atom. The molecule has 0 aromatic heterocycles. The lowest BCUT2D eigenvalue weighted by Gasteiger charge is -2.23. The van der Waals surface area contributed by atoms with Gasteiger partial charge in [-0.3, -0.25) is 4.79 Å². The van der Waals surface area contributed by atoms with Gasteiger partial charge < -0.3 is 19.1 Å². The van der Waals surface area contributed by atoms with Crippen molar-refractivity contribution in [3.8, 4) is 0 Å². The number of nitrogens with zero attached hydrogens (tertiary/aromatic N) is 1. The van der Waals surface area contributed by atoms with Crippen molar-refractivity contribution in [2.45, 2.75) is 34.1 Å². The van der Waals surface area contributed by atoms with Crippen LogP contribution in [-0.4, -0.2) is 56.3 Å². The van der Waals surface area contributed by atoms with E-state index in [1.165, 1.54) is 12.0 Å². The molecule has 7 heteroatoms. The fourth-order valence-corrected chi connectivity index (χ4v) is 1.24. The molecule has 0 atom stereocenters. The Kier molecular flexibility index (Phi) is 8.42. The van der Waals surface area contributed by atoms with Crippen molar-refractivity contribution in [1.82, 2.24) is 4.90 Å². The molecule has 0 radical (unpaired) electrons. The topological polar surface area (TPSA) is 82.1 Å². The van der Waals surface area contributed by atoms with Crippen molar-refractivity contribution in [2.75, 3.05) is 33.4 Å². The van der Waals surface area contributed by atoms with Crippen molar-refractivity contribution in [2.24, 2.45) is 5.41 Å². The minimum Gasteiger partial charge on any atom is -0.466 e. The molecular weight excluding hydrogens is 278 g/mol. The summed E-state index contributed by atoms with van der Waals surface area (Å²) in [4.78, 5) is 35.7. The van der Waals surface area contributed by atoms with Crippen molar-refractivity contribution < 1.29 is 28.6 Å². The van der Waals surface area contributed by atoms with E-state index in [4.69, 9.17) is 9.47 Å². The second-order valence-corrected chi connectivity index (χ2v) is 5.08. The first-order valence-electron chi connectivity index (χ1n) is 6.94. The molecule has 0 saturated carbocycles. The average Bonchev–Trinajstić information content (AvgIpc) is 2.48. The maximum absolute atomic E-state index is 11.8. The molecule has 21 heavy (non-hydrogen) atoms. The number of esters is 2. The molecular formula is C14H25NO6. The minimum absolute atomic E-state index is 0.0867. The maximum atomic E-state index is 11.8. The molecule has 0 N–H and O–H groups in total. The van der Waals surface area contributed by atoms with Crippen molar-refractivity contribution in [3.05, 3.63) is 0 Å². The van der Waals surface area contributed by atoms with Crippen molar-refractivity contribution >= 4 is 18.0 Å². The number of methoxy groups -OCH3 is 1. The van der Waals surface area contributed by atoms with Gasteiger partial charge in [-0.05, 0) is 27.2 Å². The lowest BCUT2D eigenvalue weighted by Crippen LogP contribution is -2.37. The highest BCUT2D eigenvalue weighted by atomic mass is 16.6. The number of hydrogen-bond acceptors (Lipinski definition) is 6. The number of carbonyl (C=O) groups is 3. The van der Waals surface area contributed by atoms with Crippen LogP contribution in [0.4, 0.5) is 4.79 Å². The largest absolute Gasteiger partial charge is 0.466 e. The molecule has 0 aromatic carbocycles. The maximum Gasteiger partial charge on any atom is 0.410 e. The summed E-state index contributed by atoms with van der Waals surface area (Å²) in [5, 5.41) is 0. The Morgan fingerprint density at radius 2 is 1.71 bits per heavy atom. The number of rotatable bonds is 8. The van der Waals surface area contributed by atoms with Crippen LogP contribution >= 0.6 is 0 Å². The highest BCUT2D eigenvalue weighted by molar-refractivity contribution is 5.76. The van der Waals surface area contributed by atoms with Gasteiger partial charge in [0.1, 0.15) is 6.61 Å². The summed E-state index contributed by atoms with van der Waals surface area (Å²) in [5.74, 6) is -0.931. The summed E-state index contributed by atoms with van der Waals surface area (Å²) < 4.78 is 14.3. The highest BCUT2D eigenvalue weighted by Gasteiger charge is 2.27. The van der Waals surface area contributed by atoms with Crippen LogP contribution in [-0.2, 0) is 23.8 Å². The predicted octanol–water partition coefficient (Wildman–Crippen LogP) is 1.60.